The Morgan fingerprint density at radius 1 is 1.19 bits per heavy atom. The van der Waals surface area contributed by atoms with Gasteiger partial charge in [0.15, 0.2) is 11.6 Å². The molecule has 0 spiro atoms. The van der Waals surface area contributed by atoms with Crippen LogP contribution < -0.4 is 0 Å². The molecule has 0 radical (unpaired) electrons. The second kappa shape index (κ2) is 5.65. The molecule has 26 heavy (non-hydrogen) atoms. The largest absolute Gasteiger partial charge is 0.350 e. The number of nitrogens with zero attached hydrogens (tertiary/aromatic N) is 2. The molecule has 3 aromatic rings. The molecule has 0 unspecified atom stereocenters. The van der Waals surface area contributed by atoms with Gasteiger partial charge in [0.1, 0.15) is 5.69 Å². The fourth-order valence-corrected chi connectivity index (χ4v) is 3.92. The summed E-state index contributed by atoms with van der Waals surface area (Å²) in [5, 5.41) is 8.11. The summed E-state index contributed by atoms with van der Waals surface area (Å²) in [6.07, 6.45) is 4.29. The van der Waals surface area contributed by atoms with Gasteiger partial charge in [0.25, 0.3) is 5.91 Å². The highest BCUT2D eigenvalue weighted by atomic mass is 19.2. The molecule has 2 aliphatic rings. The number of H-pyrrole nitrogens is 2. The van der Waals surface area contributed by atoms with Crippen molar-refractivity contribution in [2.24, 2.45) is 0 Å². The van der Waals surface area contributed by atoms with Crippen LogP contribution in [0.25, 0.3) is 10.9 Å². The van der Waals surface area contributed by atoms with Crippen molar-refractivity contribution in [2.75, 3.05) is 6.54 Å². The average Bonchev–Trinajstić information content (AvgIpc) is 3.17. The number of fused-ring (bicyclic) bond motifs is 2. The van der Waals surface area contributed by atoms with Gasteiger partial charge in [0, 0.05) is 53.7 Å². The SMILES string of the molecule is O=C(c1cc2cc(F)c(F)cc2[nH]1)N1CCc2[nH]nc(C3CCC3)c2C1. The molecule has 0 saturated heterocycles. The molecule has 3 heterocycles. The Labute approximate surface area is 148 Å². The summed E-state index contributed by atoms with van der Waals surface area (Å²) >= 11 is 0. The van der Waals surface area contributed by atoms with Gasteiger partial charge in [-0.1, -0.05) is 6.42 Å². The summed E-state index contributed by atoms with van der Waals surface area (Å²) in [4.78, 5) is 17.6. The number of benzene rings is 1. The van der Waals surface area contributed by atoms with E-state index in [2.05, 4.69) is 15.2 Å². The molecule has 0 bridgehead atoms. The minimum Gasteiger partial charge on any atom is -0.350 e. The number of nitrogens with one attached hydrogen (secondary N) is 2. The van der Waals surface area contributed by atoms with Crippen molar-refractivity contribution in [3.8, 4) is 0 Å². The van der Waals surface area contributed by atoms with E-state index in [0.717, 1.165) is 48.3 Å². The first-order valence-electron chi connectivity index (χ1n) is 8.93. The van der Waals surface area contributed by atoms with Crippen molar-refractivity contribution in [3.05, 3.63) is 52.5 Å². The number of hydrogen-bond acceptors (Lipinski definition) is 2. The van der Waals surface area contributed by atoms with Crippen LogP contribution in [0.4, 0.5) is 8.78 Å². The summed E-state index contributed by atoms with van der Waals surface area (Å²) in [6, 6.07) is 3.77. The van der Waals surface area contributed by atoms with Crippen LogP contribution >= 0.6 is 0 Å². The van der Waals surface area contributed by atoms with Gasteiger partial charge in [0.05, 0.1) is 5.69 Å². The van der Waals surface area contributed by atoms with Gasteiger partial charge in [-0.15, -0.1) is 0 Å². The molecule has 1 fully saturated rings. The summed E-state index contributed by atoms with van der Waals surface area (Å²) in [5.74, 6) is -1.50. The number of rotatable bonds is 2. The molecule has 5 rings (SSSR count). The summed E-state index contributed by atoms with van der Waals surface area (Å²) < 4.78 is 26.8. The Balaban J connectivity index is 1.43. The number of carbonyl (C=O) groups is 1. The fraction of sp³-hybridized carbons (Fsp3) is 0.368. The van der Waals surface area contributed by atoms with Crippen LogP contribution in [-0.2, 0) is 13.0 Å². The van der Waals surface area contributed by atoms with Gasteiger partial charge in [-0.3, -0.25) is 9.89 Å². The van der Waals surface area contributed by atoms with Gasteiger partial charge in [0.2, 0.25) is 0 Å². The number of aromatic amines is 2. The number of halogens is 2. The Bertz CT molecular complexity index is 979. The molecular formula is C19H18F2N4O. The maximum atomic E-state index is 13.4. The minimum absolute atomic E-state index is 0.159. The van der Waals surface area contributed by atoms with Gasteiger partial charge < -0.3 is 9.88 Å². The van der Waals surface area contributed by atoms with Crippen LogP contribution in [0, 0.1) is 11.6 Å². The maximum absolute atomic E-state index is 13.4. The molecule has 5 nitrogen and oxygen atoms in total. The third-order valence-electron chi connectivity index (χ3n) is 5.64. The lowest BCUT2D eigenvalue weighted by Gasteiger charge is -2.30. The van der Waals surface area contributed by atoms with Crippen molar-refractivity contribution in [3.63, 3.8) is 0 Å². The van der Waals surface area contributed by atoms with Crippen molar-refractivity contribution in [1.82, 2.24) is 20.1 Å². The van der Waals surface area contributed by atoms with Crippen molar-refractivity contribution < 1.29 is 13.6 Å². The monoisotopic (exact) mass is 356 g/mol. The molecule has 0 atom stereocenters. The highest BCUT2D eigenvalue weighted by Crippen LogP contribution is 2.39. The van der Waals surface area contributed by atoms with Crippen LogP contribution in [0.3, 0.4) is 0 Å². The molecule has 1 saturated carbocycles. The van der Waals surface area contributed by atoms with Crippen molar-refractivity contribution >= 4 is 16.8 Å². The van der Waals surface area contributed by atoms with E-state index in [1.807, 2.05) is 0 Å². The minimum atomic E-state index is -0.926. The lowest BCUT2D eigenvalue weighted by atomic mass is 9.81. The summed E-state index contributed by atoms with van der Waals surface area (Å²) in [6.45, 7) is 1.12. The Kier molecular flexibility index (Phi) is 3.38. The smallest absolute Gasteiger partial charge is 0.270 e. The molecule has 1 aromatic carbocycles. The molecule has 2 aromatic heterocycles. The molecule has 1 aliphatic carbocycles. The predicted molar refractivity (Wildman–Crippen MR) is 91.8 cm³/mol. The average molecular weight is 356 g/mol. The number of hydrogen-bond donors (Lipinski definition) is 2. The van der Waals surface area contributed by atoms with E-state index in [4.69, 9.17) is 0 Å². The quantitative estimate of drug-likeness (QED) is 0.736. The number of aromatic nitrogens is 3. The Morgan fingerprint density at radius 2 is 2.00 bits per heavy atom. The second-order valence-corrected chi connectivity index (χ2v) is 7.21. The van der Waals surface area contributed by atoms with E-state index in [-0.39, 0.29) is 5.91 Å². The van der Waals surface area contributed by atoms with Crippen LogP contribution in [0.2, 0.25) is 0 Å². The predicted octanol–water partition coefficient (Wildman–Crippen LogP) is 3.64. The van der Waals surface area contributed by atoms with Crippen molar-refractivity contribution in [1.29, 1.82) is 0 Å². The topological polar surface area (TPSA) is 64.8 Å². The zero-order valence-electron chi connectivity index (χ0n) is 14.1. The zero-order valence-corrected chi connectivity index (χ0v) is 14.1. The van der Waals surface area contributed by atoms with Crippen molar-refractivity contribution in [2.45, 2.75) is 38.1 Å². The van der Waals surface area contributed by atoms with Crippen LogP contribution in [0.15, 0.2) is 18.2 Å². The van der Waals surface area contributed by atoms with E-state index in [9.17, 15) is 13.6 Å². The van der Waals surface area contributed by atoms with E-state index in [0.29, 0.717) is 35.6 Å². The van der Waals surface area contributed by atoms with Crippen LogP contribution in [0.5, 0.6) is 0 Å². The van der Waals surface area contributed by atoms with E-state index in [1.54, 1.807) is 11.0 Å². The van der Waals surface area contributed by atoms with Crippen LogP contribution in [-0.4, -0.2) is 32.5 Å². The first kappa shape index (κ1) is 15.5. The van der Waals surface area contributed by atoms with Gasteiger partial charge in [-0.25, -0.2) is 8.78 Å². The highest BCUT2D eigenvalue weighted by Gasteiger charge is 2.31. The third-order valence-corrected chi connectivity index (χ3v) is 5.64. The second-order valence-electron chi connectivity index (χ2n) is 7.21. The molecule has 2 N–H and O–H groups in total. The third kappa shape index (κ3) is 2.34. The molecule has 134 valence electrons. The fourth-order valence-electron chi connectivity index (χ4n) is 3.92. The van der Waals surface area contributed by atoms with E-state index >= 15 is 0 Å². The standard InChI is InChI=1S/C19H18F2N4O/c20-13-6-11-7-17(22-16(11)8-14(13)21)19(26)25-5-4-15-12(9-25)18(24-23-15)10-2-1-3-10/h6-8,10,22H,1-5,9H2,(H,23,24). The van der Waals surface area contributed by atoms with Gasteiger partial charge in [-0.05, 0) is 25.0 Å². The highest BCUT2D eigenvalue weighted by molar-refractivity contribution is 5.98. The number of amides is 1. The van der Waals surface area contributed by atoms with Crippen LogP contribution in [0.1, 0.15) is 52.6 Å². The molecule has 1 aliphatic heterocycles. The lowest BCUT2D eigenvalue weighted by Crippen LogP contribution is -2.36. The molecule has 7 heteroatoms. The Hall–Kier alpha value is -2.70. The summed E-state index contributed by atoms with van der Waals surface area (Å²) in [5.41, 5.74) is 4.13. The van der Waals surface area contributed by atoms with Gasteiger partial charge in [-0.2, -0.15) is 5.10 Å². The zero-order chi connectivity index (χ0) is 17.8. The van der Waals surface area contributed by atoms with E-state index < -0.39 is 11.6 Å². The molecular weight excluding hydrogens is 338 g/mol. The maximum Gasteiger partial charge on any atom is 0.270 e. The normalized spacial score (nSPS) is 17.4. The number of carbonyl (C=O) groups excluding carboxylic acids is 1. The Morgan fingerprint density at radius 3 is 2.77 bits per heavy atom. The first-order chi connectivity index (χ1) is 12.6. The first-order valence-corrected chi connectivity index (χ1v) is 8.93. The van der Waals surface area contributed by atoms with Gasteiger partial charge >= 0.3 is 0 Å². The summed E-state index contributed by atoms with van der Waals surface area (Å²) in [7, 11) is 0. The van der Waals surface area contributed by atoms with E-state index in [1.165, 1.54) is 6.42 Å². The molecule has 1 amide bonds. The lowest BCUT2D eigenvalue weighted by molar-refractivity contribution is 0.0728.